The molecule has 0 bridgehead atoms. The minimum Gasteiger partial charge on any atom is -0.357 e. The lowest BCUT2D eigenvalue weighted by molar-refractivity contribution is 0.588. The van der Waals surface area contributed by atoms with Gasteiger partial charge < -0.3 is 10.6 Å². The molecule has 0 aromatic heterocycles. The maximum Gasteiger partial charge on any atom is 0.240 e. The van der Waals surface area contributed by atoms with E-state index >= 15 is 0 Å². The van der Waals surface area contributed by atoms with Crippen LogP contribution in [0.3, 0.4) is 0 Å². The third-order valence-electron chi connectivity index (χ3n) is 3.94. The van der Waals surface area contributed by atoms with Crippen molar-refractivity contribution in [3.05, 3.63) is 29.8 Å². The minimum absolute atomic E-state index is 0.265. The van der Waals surface area contributed by atoms with Crippen LogP contribution in [0.4, 0.5) is 0 Å². The lowest BCUT2D eigenvalue weighted by atomic mass is 10.2. The first-order valence-electron chi connectivity index (χ1n) is 8.12. The Morgan fingerprint density at radius 2 is 2.04 bits per heavy atom. The zero-order valence-electron chi connectivity index (χ0n) is 13.8. The highest BCUT2D eigenvalue weighted by atomic mass is 32.2. The first-order valence-corrected chi connectivity index (χ1v) is 9.61. The van der Waals surface area contributed by atoms with Gasteiger partial charge in [-0.15, -0.1) is 0 Å². The van der Waals surface area contributed by atoms with Crippen LogP contribution in [0.15, 0.2) is 34.2 Å². The molecule has 0 saturated heterocycles. The Bertz CT molecular complexity index is 637. The van der Waals surface area contributed by atoms with Crippen molar-refractivity contribution in [2.24, 2.45) is 4.99 Å². The summed E-state index contributed by atoms with van der Waals surface area (Å²) in [6, 6.07) is 7.36. The van der Waals surface area contributed by atoms with Crippen LogP contribution in [-0.2, 0) is 16.6 Å². The van der Waals surface area contributed by atoms with Crippen LogP contribution in [0.2, 0.25) is 0 Å². The third kappa shape index (κ3) is 5.21. The van der Waals surface area contributed by atoms with Crippen molar-refractivity contribution in [3.8, 4) is 0 Å². The molecular weight excluding hydrogens is 312 g/mol. The Kier molecular flexibility index (Phi) is 6.41. The quantitative estimate of drug-likeness (QED) is 0.543. The first kappa shape index (κ1) is 17.7. The molecule has 0 atom stereocenters. The lowest BCUT2D eigenvalue weighted by Crippen LogP contribution is -2.42. The van der Waals surface area contributed by atoms with E-state index < -0.39 is 10.0 Å². The topological polar surface area (TPSA) is 82.6 Å². The fraction of sp³-hybridized carbons (Fsp3) is 0.562. The molecule has 3 N–H and O–H groups in total. The van der Waals surface area contributed by atoms with Crippen molar-refractivity contribution in [3.63, 3.8) is 0 Å². The highest BCUT2D eigenvalue weighted by molar-refractivity contribution is 7.89. The molecule has 0 unspecified atom stereocenters. The maximum absolute atomic E-state index is 11.9. The van der Waals surface area contributed by atoms with E-state index in [0.29, 0.717) is 12.6 Å². The molecule has 0 amide bonds. The van der Waals surface area contributed by atoms with Crippen LogP contribution in [-0.4, -0.2) is 34.0 Å². The fourth-order valence-corrected chi connectivity index (χ4v) is 3.48. The van der Waals surface area contributed by atoms with Gasteiger partial charge in [0.25, 0.3) is 0 Å². The van der Waals surface area contributed by atoms with Gasteiger partial charge in [0, 0.05) is 12.6 Å². The molecule has 1 aliphatic rings. The van der Waals surface area contributed by atoms with Crippen LogP contribution >= 0.6 is 0 Å². The number of benzene rings is 1. The number of hydrogen-bond acceptors (Lipinski definition) is 3. The number of nitrogens with zero attached hydrogens (tertiary/aromatic N) is 1. The average molecular weight is 338 g/mol. The average Bonchev–Trinajstić information content (AvgIpc) is 3.06. The van der Waals surface area contributed by atoms with E-state index in [-0.39, 0.29) is 4.90 Å². The normalized spacial score (nSPS) is 16.5. The van der Waals surface area contributed by atoms with Gasteiger partial charge >= 0.3 is 0 Å². The molecule has 1 aromatic rings. The van der Waals surface area contributed by atoms with Crippen molar-refractivity contribution in [1.29, 1.82) is 0 Å². The zero-order chi connectivity index (χ0) is 16.7. The van der Waals surface area contributed by atoms with Crippen LogP contribution in [0.1, 0.15) is 38.2 Å². The Hall–Kier alpha value is -1.60. The predicted molar refractivity (Wildman–Crippen MR) is 92.9 cm³/mol. The second-order valence-electron chi connectivity index (χ2n) is 5.68. The Labute approximate surface area is 138 Å². The van der Waals surface area contributed by atoms with Gasteiger partial charge in [-0.25, -0.2) is 18.1 Å². The number of sulfonamides is 1. The summed E-state index contributed by atoms with van der Waals surface area (Å²) >= 11 is 0. The number of rotatable bonds is 6. The van der Waals surface area contributed by atoms with Crippen LogP contribution in [0.5, 0.6) is 0 Å². The summed E-state index contributed by atoms with van der Waals surface area (Å²) in [4.78, 5) is 4.84. The predicted octanol–water partition coefficient (Wildman–Crippen LogP) is 1.59. The van der Waals surface area contributed by atoms with E-state index in [9.17, 15) is 8.42 Å². The number of hydrogen-bond donors (Lipinski definition) is 3. The molecular formula is C16H26N4O2S. The van der Waals surface area contributed by atoms with Crippen molar-refractivity contribution < 1.29 is 8.42 Å². The monoisotopic (exact) mass is 338 g/mol. The molecule has 0 radical (unpaired) electrons. The first-order chi connectivity index (χ1) is 11.0. The number of nitrogens with one attached hydrogen (secondary N) is 3. The summed E-state index contributed by atoms with van der Waals surface area (Å²) < 4.78 is 26.0. The van der Waals surface area contributed by atoms with E-state index in [0.717, 1.165) is 18.1 Å². The highest BCUT2D eigenvalue weighted by Crippen LogP contribution is 2.17. The molecule has 23 heavy (non-hydrogen) atoms. The van der Waals surface area contributed by atoms with Crippen LogP contribution < -0.4 is 15.4 Å². The standard InChI is InChI=1S/C16H26N4O2S/c1-3-18-16(20-14-8-4-5-9-14)19-12-13-7-6-10-15(11-13)23(21,22)17-2/h6-7,10-11,14,17H,3-5,8-9,12H2,1-2H3,(H2,18,19,20). The van der Waals surface area contributed by atoms with Gasteiger partial charge in [-0.2, -0.15) is 0 Å². The minimum atomic E-state index is -3.42. The summed E-state index contributed by atoms with van der Waals surface area (Å²) in [5, 5.41) is 6.70. The molecule has 1 fully saturated rings. The third-order valence-corrected chi connectivity index (χ3v) is 5.35. The molecule has 7 heteroatoms. The van der Waals surface area contributed by atoms with Gasteiger partial charge in [-0.3, -0.25) is 0 Å². The molecule has 1 saturated carbocycles. The van der Waals surface area contributed by atoms with Crippen LogP contribution in [0.25, 0.3) is 0 Å². The second-order valence-corrected chi connectivity index (χ2v) is 7.56. The van der Waals surface area contributed by atoms with E-state index in [1.165, 1.54) is 32.7 Å². The molecule has 2 rings (SSSR count). The second kappa shape index (κ2) is 8.31. The molecule has 0 spiro atoms. The summed E-state index contributed by atoms with van der Waals surface area (Å²) in [6.07, 6.45) is 4.89. The summed E-state index contributed by atoms with van der Waals surface area (Å²) in [5.41, 5.74) is 0.866. The van der Waals surface area contributed by atoms with Gasteiger partial charge in [0.15, 0.2) is 5.96 Å². The van der Waals surface area contributed by atoms with E-state index in [4.69, 9.17) is 0 Å². The Morgan fingerprint density at radius 3 is 2.70 bits per heavy atom. The van der Waals surface area contributed by atoms with Gasteiger partial charge in [0.05, 0.1) is 11.4 Å². The zero-order valence-corrected chi connectivity index (χ0v) is 14.6. The van der Waals surface area contributed by atoms with Crippen molar-refractivity contribution in [2.45, 2.75) is 50.1 Å². The molecule has 6 nitrogen and oxygen atoms in total. The van der Waals surface area contributed by atoms with Crippen LogP contribution in [0, 0.1) is 0 Å². The molecule has 128 valence electrons. The molecule has 0 aliphatic heterocycles. The molecule has 0 heterocycles. The van der Waals surface area contributed by atoms with E-state index in [1.54, 1.807) is 18.2 Å². The summed E-state index contributed by atoms with van der Waals surface area (Å²) in [7, 11) is -2.01. The van der Waals surface area contributed by atoms with E-state index in [2.05, 4.69) is 20.3 Å². The number of guanidine groups is 1. The summed E-state index contributed by atoms with van der Waals surface area (Å²) in [6.45, 7) is 3.27. The van der Waals surface area contributed by atoms with E-state index in [1.807, 2.05) is 13.0 Å². The van der Waals surface area contributed by atoms with Gasteiger partial charge in [0.1, 0.15) is 0 Å². The smallest absolute Gasteiger partial charge is 0.240 e. The molecule has 1 aromatic carbocycles. The number of aliphatic imine (C=N–C) groups is 1. The fourth-order valence-electron chi connectivity index (χ4n) is 2.68. The largest absolute Gasteiger partial charge is 0.357 e. The summed E-state index contributed by atoms with van der Waals surface area (Å²) in [5.74, 6) is 0.793. The highest BCUT2D eigenvalue weighted by Gasteiger charge is 2.16. The van der Waals surface area contributed by atoms with Crippen molar-refractivity contribution in [2.75, 3.05) is 13.6 Å². The Morgan fingerprint density at radius 1 is 1.30 bits per heavy atom. The SMILES string of the molecule is CCNC(=NCc1cccc(S(=O)(=O)NC)c1)NC1CCCC1. The Balaban J connectivity index is 2.07. The van der Waals surface area contributed by atoms with Gasteiger partial charge in [0.2, 0.25) is 10.0 Å². The van der Waals surface area contributed by atoms with Crippen molar-refractivity contribution >= 4 is 16.0 Å². The molecule has 1 aliphatic carbocycles. The van der Waals surface area contributed by atoms with Gasteiger partial charge in [-0.05, 0) is 44.5 Å². The van der Waals surface area contributed by atoms with Crippen molar-refractivity contribution in [1.82, 2.24) is 15.4 Å². The van der Waals surface area contributed by atoms with Gasteiger partial charge in [-0.1, -0.05) is 25.0 Å². The lowest BCUT2D eigenvalue weighted by Gasteiger charge is -2.16. The maximum atomic E-state index is 11.9.